The third-order valence-electron chi connectivity index (χ3n) is 2.89. The van der Waals surface area contributed by atoms with Gasteiger partial charge in [0.05, 0.1) is 9.52 Å². The lowest BCUT2D eigenvalue weighted by atomic mass is 10.1. The highest BCUT2D eigenvalue weighted by molar-refractivity contribution is 6.53. The molecule has 1 heteroatoms. The molecule has 18 heavy (non-hydrogen) atoms. The summed E-state index contributed by atoms with van der Waals surface area (Å²) in [5.74, 6) is 0. The lowest BCUT2D eigenvalue weighted by Gasteiger charge is -2.03. The molecule has 2 rings (SSSR count). The molecule has 2 aromatic carbocycles. The molecular formula is C17H18Si. The Balaban J connectivity index is 1.86. The van der Waals surface area contributed by atoms with Gasteiger partial charge in [0, 0.05) is 0 Å². The van der Waals surface area contributed by atoms with E-state index in [0.717, 1.165) is 15.9 Å². The fraction of sp³-hybridized carbons (Fsp3) is 0.176. The fourth-order valence-electron chi connectivity index (χ4n) is 1.97. The normalized spacial score (nSPS) is 10.2. The second-order valence-electron chi connectivity index (χ2n) is 4.36. The smallest absolute Gasteiger partial charge is 0.0811 e. The summed E-state index contributed by atoms with van der Waals surface area (Å²) >= 11 is 0. The van der Waals surface area contributed by atoms with Gasteiger partial charge in [-0.25, -0.2) is 0 Å². The Morgan fingerprint density at radius 1 is 0.944 bits per heavy atom. The molecule has 0 N–H and O–H groups in total. The number of allylic oxidation sites excluding steroid dienone is 1. The van der Waals surface area contributed by atoms with Crippen molar-refractivity contribution in [2.45, 2.75) is 18.9 Å². The SMILES string of the molecule is C=CCc1cccc([Si]CCc2ccccc2)c1. The topological polar surface area (TPSA) is 0 Å². The Labute approximate surface area is 112 Å². The van der Waals surface area contributed by atoms with Gasteiger partial charge in [0.25, 0.3) is 0 Å². The molecule has 0 aliphatic heterocycles. The molecule has 0 heterocycles. The van der Waals surface area contributed by atoms with Gasteiger partial charge in [-0.15, -0.1) is 6.58 Å². The molecule has 90 valence electrons. The van der Waals surface area contributed by atoms with Crippen molar-refractivity contribution in [3.63, 3.8) is 0 Å². The van der Waals surface area contributed by atoms with Crippen LogP contribution in [-0.2, 0) is 12.8 Å². The number of benzene rings is 2. The molecule has 2 aromatic rings. The van der Waals surface area contributed by atoms with E-state index in [9.17, 15) is 0 Å². The molecule has 0 aromatic heterocycles. The minimum Gasteiger partial charge on any atom is -0.103 e. The third-order valence-corrected chi connectivity index (χ3v) is 4.11. The van der Waals surface area contributed by atoms with Gasteiger partial charge in [-0.3, -0.25) is 0 Å². The standard InChI is InChI=1S/C17H18Si/c1-2-7-16-10-6-11-17(14-16)18-13-12-15-8-4-3-5-9-15/h2-6,8-11,14H,1,7,12-13H2. The summed E-state index contributed by atoms with van der Waals surface area (Å²) in [6.07, 6.45) is 4.11. The van der Waals surface area contributed by atoms with Crippen LogP contribution in [0.4, 0.5) is 0 Å². The number of rotatable bonds is 6. The summed E-state index contributed by atoms with van der Waals surface area (Å²) in [7, 11) is 0.897. The van der Waals surface area contributed by atoms with Crippen LogP contribution >= 0.6 is 0 Å². The van der Waals surface area contributed by atoms with Gasteiger partial charge in [0.2, 0.25) is 0 Å². The number of aryl methyl sites for hydroxylation is 1. The minimum absolute atomic E-state index is 0.897. The van der Waals surface area contributed by atoms with Crippen molar-refractivity contribution in [1.29, 1.82) is 0 Å². The maximum atomic E-state index is 3.79. The first-order chi connectivity index (χ1) is 8.88. The summed E-state index contributed by atoms with van der Waals surface area (Å²) in [5.41, 5.74) is 2.81. The van der Waals surface area contributed by atoms with Gasteiger partial charge in [0.1, 0.15) is 0 Å². The molecule has 0 nitrogen and oxygen atoms in total. The summed E-state index contributed by atoms with van der Waals surface area (Å²) in [6.45, 7) is 3.79. The quantitative estimate of drug-likeness (QED) is 0.544. The minimum atomic E-state index is 0.897. The zero-order valence-electron chi connectivity index (χ0n) is 10.6. The summed E-state index contributed by atoms with van der Waals surface area (Å²) in [4.78, 5) is 0. The zero-order chi connectivity index (χ0) is 12.6. The highest BCUT2D eigenvalue weighted by Gasteiger charge is 1.98. The van der Waals surface area contributed by atoms with Crippen LogP contribution in [0.15, 0.2) is 67.3 Å². The van der Waals surface area contributed by atoms with Gasteiger partial charge in [-0.1, -0.05) is 71.9 Å². The van der Waals surface area contributed by atoms with Crippen LogP contribution in [0, 0.1) is 0 Å². The van der Waals surface area contributed by atoms with E-state index in [0.29, 0.717) is 0 Å². The molecule has 0 aliphatic carbocycles. The Bertz CT molecular complexity index is 488. The Morgan fingerprint density at radius 3 is 2.50 bits per heavy atom. The highest BCUT2D eigenvalue weighted by Crippen LogP contribution is 2.03. The summed E-state index contributed by atoms with van der Waals surface area (Å²) in [6, 6.07) is 20.8. The lowest BCUT2D eigenvalue weighted by Crippen LogP contribution is -2.14. The van der Waals surface area contributed by atoms with Gasteiger partial charge in [0.15, 0.2) is 0 Å². The first kappa shape index (κ1) is 12.8. The van der Waals surface area contributed by atoms with Gasteiger partial charge < -0.3 is 0 Å². The zero-order valence-corrected chi connectivity index (χ0v) is 11.6. The van der Waals surface area contributed by atoms with Crippen molar-refractivity contribution < 1.29 is 0 Å². The van der Waals surface area contributed by atoms with E-state index in [1.165, 1.54) is 28.8 Å². The van der Waals surface area contributed by atoms with Crippen LogP contribution in [0.1, 0.15) is 11.1 Å². The average Bonchev–Trinajstić information content (AvgIpc) is 2.41. The molecule has 0 spiro atoms. The van der Waals surface area contributed by atoms with E-state index < -0.39 is 0 Å². The second-order valence-corrected chi connectivity index (χ2v) is 5.79. The van der Waals surface area contributed by atoms with Crippen molar-refractivity contribution in [2.24, 2.45) is 0 Å². The molecule has 2 radical (unpaired) electrons. The molecular weight excluding hydrogens is 232 g/mol. The second kappa shape index (κ2) is 6.97. The van der Waals surface area contributed by atoms with Crippen LogP contribution in [0.25, 0.3) is 0 Å². The van der Waals surface area contributed by atoms with Crippen molar-refractivity contribution >= 4 is 14.7 Å². The summed E-state index contributed by atoms with van der Waals surface area (Å²) < 4.78 is 0. The molecule has 0 bridgehead atoms. The summed E-state index contributed by atoms with van der Waals surface area (Å²) in [5, 5.41) is 1.46. The van der Waals surface area contributed by atoms with E-state index in [4.69, 9.17) is 0 Å². The molecule has 0 unspecified atom stereocenters. The maximum Gasteiger partial charge on any atom is 0.0811 e. The molecule has 0 atom stereocenters. The van der Waals surface area contributed by atoms with Crippen molar-refractivity contribution in [3.8, 4) is 0 Å². The largest absolute Gasteiger partial charge is 0.103 e. The van der Waals surface area contributed by atoms with E-state index in [2.05, 4.69) is 61.2 Å². The molecule has 0 saturated carbocycles. The number of hydrogen-bond donors (Lipinski definition) is 0. The molecule has 0 saturated heterocycles. The Hall–Kier alpha value is -1.60. The van der Waals surface area contributed by atoms with Gasteiger partial charge in [-0.2, -0.15) is 0 Å². The highest BCUT2D eigenvalue weighted by atomic mass is 28.2. The molecule has 0 amide bonds. The van der Waals surface area contributed by atoms with E-state index in [1.807, 2.05) is 6.08 Å². The van der Waals surface area contributed by atoms with Crippen LogP contribution in [0.3, 0.4) is 0 Å². The van der Waals surface area contributed by atoms with Gasteiger partial charge in [-0.05, 0) is 24.0 Å². The monoisotopic (exact) mass is 250 g/mol. The van der Waals surface area contributed by atoms with Crippen LogP contribution in [0.5, 0.6) is 0 Å². The Morgan fingerprint density at radius 2 is 1.72 bits per heavy atom. The van der Waals surface area contributed by atoms with Crippen molar-refractivity contribution in [2.75, 3.05) is 0 Å². The van der Waals surface area contributed by atoms with Crippen LogP contribution in [-0.4, -0.2) is 9.52 Å². The van der Waals surface area contributed by atoms with Gasteiger partial charge >= 0.3 is 0 Å². The fourth-order valence-corrected chi connectivity index (χ4v) is 3.17. The molecule has 0 aliphatic rings. The van der Waals surface area contributed by atoms with E-state index >= 15 is 0 Å². The Kier molecular flexibility index (Phi) is 4.97. The van der Waals surface area contributed by atoms with Crippen LogP contribution < -0.4 is 5.19 Å². The lowest BCUT2D eigenvalue weighted by molar-refractivity contribution is 1.13. The predicted octanol–water partition coefficient (Wildman–Crippen LogP) is 3.41. The first-order valence-corrected chi connectivity index (χ1v) is 7.57. The average molecular weight is 250 g/mol. The van der Waals surface area contributed by atoms with E-state index in [1.54, 1.807) is 0 Å². The predicted molar refractivity (Wildman–Crippen MR) is 80.7 cm³/mol. The van der Waals surface area contributed by atoms with Crippen molar-refractivity contribution in [1.82, 2.24) is 0 Å². The van der Waals surface area contributed by atoms with Crippen molar-refractivity contribution in [3.05, 3.63) is 78.4 Å². The number of hydrogen-bond acceptors (Lipinski definition) is 0. The van der Waals surface area contributed by atoms with Crippen LogP contribution in [0.2, 0.25) is 6.04 Å². The maximum absolute atomic E-state index is 3.79. The first-order valence-electron chi connectivity index (χ1n) is 6.36. The third kappa shape index (κ3) is 4.01. The van der Waals surface area contributed by atoms with E-state index in [-0.39, 0.29) is 0 Å². The molecule has 0 fully saturated rings.